The first-order valence-electron chi connectivity index (χ1n) is 6.62. The summed E-state index contributed by atoms with van der Waals surface area (Å²) in [7, 11) is 0. The van der Waals surface area contributed by atoms with E-state index in [2.05, 4.69) is 54.5 Å². The summed E-state index contributed by atoms with van der Waals surface area (Å²) in [5.41, 5.74) is 3.77. The van der Waals surface area contributed by atoms with E-state index in [-0.39, 0.29) is 0 Å². The summed E-state index contributed by atoms with van der Waals surface area (Å²) >= 11 is 1.85. The van der Waals surface area contributed by atoms with Crippen LogP contribution in [-0.2, 0) is 12.3 Å². The summed E-state index contributed by atoms with van der Waals surface area (Å²) in [4.78, 5) is 5.74. The smallest absolute Gasteiger partial charge is 0.0535 e. The first kappa shape index (κ1) is 14.1. The van der Waals surface area contributed by atoms with E-state index >= 15 is 0 Å². The predicted octanol–water partition coefficient (Wildman–Crippen LogP) is 3.79. The molecule has 1 aromatic carbocycles. The van der Waals surface area contributed by atoms with Gasteiger partial charge in [0.15, 0.2) is 0 Å². The molecule has 0 radical (unpaired) electrons. The van der Waals surface area contributed by atoms with E-state index in [0.717, 1.165) is 18.8 Å². The molecule has 1 N–H and O–H groups in total. The van der Waals surface area contributed by atoms with E-state index in [1.54, 1.807) is 0 Å². The van der Waals surface area contributed by atoms with Crippen LogP contribution in [0.4, 0.5) is 0 Å². The second kappa shape index (κ2) is 7.31. The third-order valence-electron chi connectivity index (χ3n) is 2.97. The van der Waals surface area contributed by atoms with Gasteiger partial charge >= 0.3 is 0 Å². The minimum Gasteiger partial charge on any atom is -0.313 e. The van der Waals surface area contributed by atoms with Crippen molar-refractivity contribution in [3.05, 3.63) is 59.4 Å². The van der Waals surface area contributed by atoms with Crippen LogP contribution in [0.1, 0.15) is 23.7 Å². The Morgan fingerprint density at radius 2 is 2.11 bits per heavy atom. The molecule has 1 aromatic heterocycles. The van der Waals surface area contributed by atoms with Crippen LogP contribution in [-0.4, -0.2) is 11.5 Å². The van der Waals surface area contributed by atoms with E-state index in [9.17, 15) is 0 Å². The van der Waals surface area contributed by atoms with Crippen LogP contribution in [0, 0.1) is 6.92 Å². The second-order valence-corrected chi connectivity index (χ2v) is 5.53. The average Bonchev–Trinajstić information content (AvgIpc) is 2.45. The summed E-state index contributed by atoms with van der Waals surface area (Å²) in [6.45, 7) is 6.19. The summed E-state index contributed by atoms with van der Waals surface area (Å²) < 4.78 is 0. The van der Waals surface area contributed by atoms with Gasteiger partial charge in [-0.15, -0.1) is 11.8 Å². The minimum atomic E-state index is 0.928. The quantitative estimate of drug-likeness (QED) is 0.810. The van der Waals surface area contributed by atoms with Crippen LogP contribution < -0.4 is 5.32 Å². The minimum absolute atomic E-state index is 0.928. The number of nitrogens with one attached hydrogen (secondary N) is 1. The number of thioether (sulfide) groups is 1. The van der Waals surface area contributed by atoms with Crippen molar-refractivity contribution in [2.45, 2.75) is 31.0 Å². The van der Waals surface area contributed by atoms with Crippen molar-refractivity contribution in [2.75, 3.05) is 6.54 Å². The van der Waals surface area contributed by atoms with Gasteiger partial charge in [-0.05, 0) is 42.8 Å². The van der Waals surface area contributed by atoms with Crippen molar-refractivity contribution >= 4 is 11.8 Å². The van der Waals surface area contributed by atoms with E-state index < -0.39 is 0 Å². The normalized spacial score (nSPS) is 10.6. The van der Waals surface area contributed by atoms with Gasteiger partial charge in [-0.25, -0.2) is 0 Å². The van der Waals surface area contributed by atoms with Crippen molar-refractivity contribution in [3.8, 4) is 0 Å². The molecule has 0 saturated heterocycles. The SMILES string of the molecule is CCNCc1cccc(SCc2ncccc2C)c1. The monoisotopic (exact) mass is 272 g/mol. The third kappa shape index (κ3) is 4.37. The molecule has 19 heavy (non-hydrogen) atoms. The Hall–Kier alpha value is -1.32. The Morgan fingerprint density at radius 1 is 1.21 bits per heavy atom. The maximum absolute atomic E-state index is 4.43. The van der Waals surface area contributed by atoms with E-state index in [1.807, 2.05) is 24.0 Å². The first-order chi connectivity index (χ1) is 9.29. The van der Waals surface area contributed by atoms with Gasteiger partial charge in [0.25, 0.3) is 0 Å². The van der Waals surface area contributed by atoms with Gasteiger partial charge in [0.2, 0.25) is 0 Å². The number of benzene rings is 1. The molecule has 0 spiro atoms. The largest absolute Gasteiger partial charge is 0.313 e. The maximum Gasteiger partial charge on any atom is 0.0535 e. The number of aromatic nitrogens is 1. The number of nitrogens with zero attached hydrogens (tertiary/aromatic N) is 1. The molecule has 0 bridgehead atoms. The summed E-state index contributed by atoms with van der Waals surface area (Å²) in [6.07, 6.45) is 1.87. The molecule has 2 aromatic rings. The summed E-state index contributed by atoms with van der Waals surface area (Å²) in [6, 6.07) is 12.8. The lowest BCUT2D eigenvalue weighted by Gasteiger charge is -2.07. The highest BCUT2D eigenvalue weighted by Gasteiger charge is 2.01. The van der Waals surface area contributed by atoms with Gasteiger partial charge in [0, 0.05) is 23.4 Å². The van der Waals surface area contributed by atoms with Crippen LogP contribution in [0.25, 0.3) is 0 Å². The zero-order valence-corrected chi connectivity index (χ0v) is 12.3. The van der Waals surface area contributed by atoms with Crippen molar-refractivity contribution in [1.82, 2.24) is 10.3 Å². The molecule has 0 aliphatic heterocycles. The molecule has 0 aliphatic carbocycles. The van der Waals surface area contributed by atoms with Crippen LogP contribution >= 0.6 is 11.8 Å². The lowest BCUT2D eigenvalue weighted by atomic mass is 10.2. The Morgan fingerprint density at radius 3 is 2.89 bits per heavy atom. The Balaban J connectivity index is 1.98. The zero-order chi connectivity index (χ0) is 13.5. The molecular weight excluding hydrogens is 252 g/mol. The standard InChI is InChI=1S/C16H20N2S/c1-3-17-11-14-7-4-8-15(10-14)19-12-16-13(2)6-5-9-18-16/h4-10,17H,3,11-12H2,1-2H3. The predicted molar refractivity (Wildman–Crippen MR) is 82.4 cm³/mol. The second-order valence-electron chi connectivity index (χ2n) is 4.48. The number of pyridine rings is 1. The number of rotatable bonds is 6. The van der Waals surface area contributed by atoms with Crippen molar-refractivity contribution in [1.29, 1.82) is 0 Å². The van der Waals surface area contributed by atoms with Crippen LogP contribution in [0.2, 0.25) is 0 Å². The summed E-state index contributed by atoms with van der Waals surface area (Å²) in [5, 5.41) is 3.35. The van der Waals surface area contributed by atoms with Gasteiger partial charge in [0.05, 0.1) is 5.69 Å². The highest BCUT2D eigenvalue weighted by Crippen LogP contribution is 2.23. The number of aryl methyl sites for hydroxylation is 1. The summed E-state index contributed by atoms with van der Waals surface area (Å²) in [5.74, 6) is 0.928. The van der Waals surface area contributed by atoms with E-state index in [1.165, 1.54) is 21.7 Å². The molecule has 0 fully saturated rings. The van der Waals surface area contributed by atoms with Gasteiger partial charge in [0.1, 0.15) is 0 Å². The maximum atomic E-state index is 4.43. The molecule has 2 nitrogen and oxygen atoms in total. The molecule has 0 aliphatic rings. The Bertz CT molecular complexity index is 526. The third-order valence-corrected chi connectivity index (χ3v) is 3.98. The molecule has 2 rings (SSSR count). The van der Waals surface area contributed by atoms with E-state index in [4.69, 9.17) is 0 Å². The van der Waals surface area contributed by atoms with Crippen molar-refractivity contribution in [2.24, 2.45) is 0 Å². The molecular formula is C16H20N2S. The fraction of sp³-hybridized carbons (Fsp3) is 0.312. The zero-order valence-electron chi connectivity index (χ0n) is 11.5. The van der Waals surface area contributed by atoms with Crippen LogP contribution in [0.3, 0.4) is 0 Å². The van der Waals surface area contributed by atoms with Crippen LogP contribution in [0.15, 0.2) is 47.5 Å². The highest BCUT2D eigenvalue weighted by atomic mass is 32.2. The average molecular weight is 272 g/mol. The molecule has 100 valence electrons. The molecule has 0 amide bonds. The first-order valence-corrected chi connectivity index (χ1v) is 7.61. The van der Waals surface area contributed by atoms with E-state index in [0.29, 0.717) is 0 Å². The lowest BCUT2D eigenvalue weighted by molar-refractivity contribution is 0.725. The van der Waals surface area contributed by atoms with Crippen molar-refractivity contribution < 1.29 is 0 Å². The molecule has 0 atom stereocenters. The highest BCUT2D eigenvalue weighted by molar-refractivity contribution is 7.98. The molecule has 1 heterocycles. The van der Waals surface area contributed by atoms with Crippen LogP contribution in [0.5, 0.6) is 0 Å². The Kier molecular flexibility index (Phi) is 5.43. The molecule has 0 saturated carbocycles. The Labute approximate surface area is 119 Å². The van der Waals surface area contributed by atoms with Gasteiger partial charge in [-0.3, -0.25) is 4.98 Å². The number of hydrogen-bond acceptors (Lipinski definition) is 3. The fourth-order valence-electron chi connectivity index (χ4n) is 1.84. The van der Waals surface area contributed by atoms with Crippen molar-refractivity contribution in [3.63, 3.8) is 0 Å². The number of hydrogen-bond donors (Lipinski definition) is 1. The fourth-order valence-corrected chi connectivity index (χ4v) is 2.85. The molecule has 0 unspecified atom stereocenters. The van der Waals surface area contributed by atoms with Gasteiger partial charge in [-0.2, -0.15) is 0 Å². The molecule has 3 heteroatoms. The lowest BCUT2D eigenvalue weighted by Crippen LogP contribution is -2.11. The van der Waals surface area contributed by atoms with Gasteiger partial charge < -0.3 is 5.32 Å². The topological polar surface area (TPSA) is 24.9 Å². The van der Waals surface area contributed by atoms with Gasteiger partial charge in [-0.1, -0.05) is 25.1 Å².